The average molecular weight is 441 g/mol. The van der Waals surface area contributed by atoms with Crippen LogP contribution in [0.3, 0.4) is 0 Å². The third kappa shape index (κ3) is 4.67. The van der Waals surface area contributed by atoms with Crippen LogP contribution in [0.15, 0.2) is 83.9 Å². The number of nitrogens with one attached hydrogen (secondary N) is 2. The molecular formula is C26H24N4O3. The van der Waals surface area contributed by atoms with Gasteiger partial charge in [-0.2, -0.15) is 0 Å². The summed E-state index contributed by atoms with van der Waals surface area (Å²) in [4.78, 5) is 43.0. The lowest BCUT2D eigenvalue weighted by atomic mass is 9.90. The van der Waals surface area contributed by atoms with Crippen molar-refractivity contribution in [3.05, 3.63) is 90.0 Å². The number of amides is 3. The molecule has 3 amide bonds. The van der Waals surface area contributed by atoms with E-state index in [1.165, 1.54) is 18.9 Å². The Morgan fingerprint density at radius 3 is 2.30 bits per heavy atom. The Labute approximate surface area is 192 Å². The third-order valence-corrected chi connectivity index (χ3v) is 5.51. The van der Waals surface area contributed by atoms with Crippen molar-refractivity contribution in [1.82, 2.24) is 5.32 Å². The van der Waals surface area contributed by atoms with Gasteiger partial charge in [-0.25, -0.2) is 0 Å². The topological polar surface area (TPSA) is 90.9 Å². The van der Waals surface area contributed by atoms with Crippen LogP contribution in [-0.2, 0) is 14.4 Å². The summed E-state index contributed by atoms with van der Waals surface area (Å²) in [5.74, 6) is -1.15. The normalized spacial score (nSPS) is 14.9. The fraction of sp³-hybridized carbons (Fsp3) is 0.154. The number of para-hydroxylation sites is 1. The number of carbonyl (C=O) groups excluding carboxylic acids is 3. The van der Waals surface area contributed by atoms with Gasteiger partial charge in [0.25, 0.3) is 0 Å². The Bertz CT molecular complexity index is 1220. The van der Waals surface area contributed by atoms with Gasteiger partial charge in [0.05, 0.1) is 11.4 Å². The predicted molar refractivity (Wildman–Crippen MR) is 129 cm³/mol. The fourth-order valence-corrected chi connectivity index (χ4v) is 3.84. The van der Waals surface area contributed by atoms with Crippen molar-refractivity contribution in [2.75, 3.05) is 23.8 Å². The van der Waals surface area contributed by atoms with Crippen LogP contribution in [0.5, 0.6) is 0 Å². The maximum atomic E-state index is 12.9. The molecule has 4 rings (SSSR count). The second kappa shape index (κ2) is 9.48. The molecule has 0 saturated carbocycles. The molecule has 33 heavy (non-hydrogen) atoms. The van der Waals surface area contributed by atoms with Crippen LogP contribution in [0, 0.1) is 0 Å². The number of fused-ring (bicyclic) bond motifs is 1. The quantitative estimate of drug-likeness (QED) is 0.574. The number of hydrogen-bond donors (Lipinski definition) is 2. The number of anilines is 2. The monoisotopic (exact) mass is 440 g/mol. The van der Waals surface area contributed by atoms with Crippen molar-refractivity contribution in [3.8, 4) is 0 Å². The minimum absolute atomic E-state index is 0.0667. The van der Waals surface area contributed by atoms with E-state index in [1.807, 2.05) is 54.6 Å². The number of benzene rings is 3. The summed E-state index contributed by atoms with van der Waals surface area (Å²) >= 11 is 0. The van der Waals surface area contributed by atoms with Crippen LogP contribution in [0.2, 0.25) is 0 Å². The Kier molecular flexibility index (Phi) is 6.31. The van der Waals surface area contributed by atoms with Crippen molar-refractivity contribution in [2.24, 2.45) is 4.99 Å². The molecule has 7 heteroatoms. The molecule has 1 heterocycles. The van der Waals surface area contributed by atoms with E-state index in [4.69, 9.17) is 4.99 Å². The number of carbonyl (C=O) groups is 3. The highest BCUT2D eigenvalue weighted by atomic mass is 16.2. The first-order valence-electron chi connectivity index (χ1n) is 10.6. The zero-order chi connectivity index (χ0) is 23.4. The van der Waals surface area contributed by atoms with Crippen molar-refractivity contribution < 1.29 is 14.4 Å². The summed E-state index contributed by atoms with van der Waals surface area (Å²) in [6.45, 7) is 1.35. The fourth-order valence-electron chi connectivity index (χ4n) is 3.84. The van der Waals surface area contributed by atoms with E-state index < -0.39 is 5.92 Å². The van der Waals surface area contributed by atoms with Gasteiger partial charge < -0.3 is 15.5 Å². The second-order valence-electron chi connectivity index (χ2n) is 7.67. The Hall–Kier alpha value is -4.26. The zero-order valence-corrected chi connectivity index (χ0v) is 18.4. The van der Waals surface area contributed by atoms with Gasteiger partial charge in [0.1, 0.15) is 12.5 Å². The van der Waals surface area contributed by atoms with Gasteiger partial charge in [0.2, 0.25) is 17.7 Å². The van der Waals surface area contributed by atoms with E-state index in [9.17, 15) is 14.4 Å². The highest BCUT2D eigenvalue weighted by Crippen LogP contribution is 2.36. The maximum absolute atomic E-state index is 12.9. The Morgan fingerprint density at radius 2 is 1.64 bits per heavy atom. The molecule has 0 aromatic heterocycles. The maximum Gasteiger partial charge on any atom is 0.239 e. The zero-order valence-electron chi connectivity index (χ0n) is 18.4. The first-order chi connectivity index (χ1) is 16.0. The molecule has 2 N–H and O–H groups in total. The van der Waals surface area contributed by atoms with E-state index in [1.54, 1.807) is 24.3 Å². The van der Waals surface area contributed by atoms with E-state index in [2.05, 4.69) is 10.6 Å². The van der Waals surface area contributed by atoms with Gasteiger partial charge in [-0.3, -0.25) is 19.4 Å². The lowest BCUT2D eigenvalue weighted by Crippen LogP contribution is -2.38. The first-order valence-corrected chi connectivity index (χ1v) is 10.6. The minimum Gasteiger partial charge on any atom is -0.358 e. The molecule has 1 unspecified atom stereocenters. The summed E-state index contributed by atoms with van der Waals surface area (Å²) in [5.41, 5.74) is 4.39. The second-order valence-corrected chi connectivity index (χ2v) is 7.67. The summed E-state index contributed by atoms with van der Waals surface area (Å²) in [5, 5.41) is 5.47. The highest BCUT2D eigenvalue weighted by molar-refractivity contribution is 6.24. The van der Waals surface area contributed by atoms with Crippen LogP contribution in [0.4, 0.5) is 17.1 Å². The molecule has 1 atom stereocenters. The molecule has 1 aliphatic rings. The molecule has 1 aliphatic heterocycles. The van der Waals surface area contributed by atoms with Crippen molar-refractivity contribution in [2.45, 2.75) is 12.8 Å². The van der Waals surface area contributed by atoms with E-state index in [-0.39, 0.29) is 24.3 Å². The Balaban J connectivity index is 1.73. The molecule has 7 nitrogen and oxygen atoms in total. The standard InChI is InChI=1S/C26H24N4O3/c1-17(31)30(16-23(32)27-2)20-14-12-19(13-15-20)28-25(18-8-4-3-5-9-18)24-21-10-6-7-11-22(21)29-26(24)33/h3-15,24H,16H2,1-2H3,(H,27,32)(H,29,33). The average Bonchev–Trinajstić information content (AvgIpc) is 3.17. The number of hydrogen-bond acceptors (Lipinski definition) is 4. The van der Waals surface area contributed by atoms with Crippen LogP contribution in [-0.4, -0.2) is 37.0 Å². The lowest BCUT2D eigenvalue weighted by Gasteiger charge is -2.20. The van der Waals surface area contributed by atoms with Gasteiger partial charge in [-0.15, -0.1) is 0 Å². The summed E-state index contributed by atoms with van der Waals surface area (Å²) < 4.78 is 0. The van der Waals surface area contributed by atoms with Crippen LogP contribution < -0.4 is 15.5 Å². The molecule has 0 fully saturated rings. The lowest BCUT2D eigenvalue weighted by molar-refractivity contribution is -0.122. The number of likely N-dealkylation sites (N-methyl/N-ethyl adjacent to an activating group) is 1. The van der Waals surface area contributed by atoms with Crippen LogP contribution >= 0.6 is 0 Å². The van der Waals surface area contributed by atoms with Crippen molar-refractivity contribution in [1.29, 1.82) is 0 Å². The van der Waals surface area contributed by atoms with Gasteiger partial charge in [0, 0.05) is 25.3 Å². The molecule has 3 aromatic carbocycles. The van der Waals surface area contributed by atoms with Gasteiger partial charge in [-0.1, -0.05) is 48.5 Å². The van der Waals surface area contributed by atoms with Gasteiger partial charge in [-0.05, 0) is 41.5 Å². The SMILES string of the molecule is CNC(=O)CN(C(C)=O)c1ccc(N=C(c2ccccc2)C2C(=O)Nc3ccccc32)cc1. The molecule has 0 radical (unpaired) electrons. The molecule has 0 saturated heterocycles. The smallest absolute Gasteiger partial charge is 0.239 e. The van der Waals surface area contributed by atoms with Gasteiger partial charge in [0.15, 0.2) is 0 Å². The highest BCUT2D eigenvalue weighted by Gasteiger charge is 2.35. The van der Waals surface area contributed by atoms with E-state index in [0.717, 1.165) is 16.8 Å². The Morgan fingerprint density at radius 1 is 0.970 bits per heavy atom. The van der Waals surface area contributed by atoms with Crippen LogP contribution in [0.1, 0.15) is 24.0 Å². The molecule has 0 aliphatic carbocycles. The number of nitrogens with zero attached hydrogens (tertiary/aromatic N) is 2. The molecular weight excluding hydrogens is 416 g/mol. The largest absolute Gasteiger partial charge is 0.358 e. The predicted octanol–water partition coefficient (Wildman–Crippen LogP) is 3.64. The van der Waals surface area contributed by atoms with E-state index in [0.29, 0.717) is 17.1 Å². The summed E-state index contributed by atoms with van der Waals surface area (Å²) in [7, 11) is 1.53. The van der Waals surface area contributed by atoms with Crippen molar-refractivity contribution >= 4 is 40.5 Å². The number of aliphatic imine (C=N–C) groups is 1. The van der Waals surface area contributed by atoms with Crippen molar-refractivity contribution in [3.63, 3.8) is 0 Å². The molecule has 3 aromatic rings. The summed E-state index contributed by atoms with van der Waals surface area (Å²) in [6, 6.07) is 24.3. The molecule has 0 spiro atoms. The minimum atomic E-state index is -0.537. The molecule has 166 valence electrons. The van der Waals surface area contributed by atoms with E-state index >= 15 is 0 Å². The summed E-state index contributed by atoms with van der Waals surface area (Å²) in [6.07, 6.45) is 0. The molecule has 0 bridgehead atoms. The van der Waals surface area contributed by atoms with Gasteiger partial charge >= 0.3 is 0 Å². The van der Waals surface area contributed by atoms with Crippen LogP contribution in [0.25, 0.3) is 0 Å². The first kappa shape index (κ1) is 22.0. The third-order valence-electron chi connectivity index (χ3n) is 5.51. The number of rotatable bonds is 6.